The van der Waals surface area contributed by atoms with Crippen molar-refractivity contribution >= 4 is 11.6 Å². The SMILES string of the molecule is COc1cc(CNCCCO)ccc1OCCOc1ccccc1Cl. The first-order valence-electron chi connectivity index (χ1n) is 8.23. The van der Waals surface area contributed by atoms with E-state index in [-0.39, 0.29) is 6.61 Å². The minimum Gasteiger partial charge on any atom is -0.493 e. The minimum atomic E-state index is 0.194. The summed E-state index contributed by atoms with van der Waals surface area (Å²) < 4.78 is 16.7. The van der Waals surface area contributed by atoms with Crippen LogP contribution in [-0.4, -0.2) is 38.6 Å². The summed E-state index contributed by atoms with van der Waals surface area (Å²) in [6.07, 6.45) is 0.740. The van der Waals surface area contributed by atoms with E-state index in [2.05, 4.69) is 5.32 Å². The Balaban J connectivity index is 1.81. The number of halogens is 1. The van der Waals surface area contributed by atoms with Gasteiger partial charge in [0.05, 0.1) is 12.1 Å². The van der Waals surface area contributed by atoms with Crippen LogP contribution in [0.25, 0.3) is 0 Å². The van der Waals surface area contributed by atoms with Crippen molar-refractivity contribution in [2.24, 2.45) is 0 Å². The Labute approximate surface area is 153 Å². The van der Waals surface area contributed by atoms with E-state index in [0.29, 0.717) is 42.0 Å². The van der Waals surface area contributed by atoms with Crippen LogP contribution < -0.4 is 19.5 Å². The Morgan fingerprint density at radius 1 is 1.00 bits per heavy atom. The van der Waals surface area contributed by atoms with E-state index in [1.165, 1.54) is 0 Å². The predicted molar refractivity (Wildman–Crippen MR) is 98.8 cm³/mol. The monoisotopic (exact) mass is 365 g/mol. The van der Waals surface area contributed by atoms with Gasteiger partial charge in [0.25, 0.3) is 0 Å². The number of rotatable bonds is 11. The van der Waals surface area contributed by atoms with Gasteiger partial charge in [0.1, 0.15) is 19.0 Å². The molecule has 0 aliphatic heterocycles. The number of hydrogen-bond acceptors (Lipinski definition) is 5. The Hall–Kier alpha value is -1.95. The Morgan fingerprint density at radius 3 is 2.48 bits per heavy atom. The smallest absolute Gasteiger partial charge is 0.161 e. The maximum Gasteiger partial charge on any atom is 0.161 e. The molecule has 0 amide bonds. The average molecular weight is 366 g/mol. The summed E-state index contributed by atoms with van der Waals surface area (Å²) in [5, 5.41) is 12.6. The van der Waals surface area contributed by atoms with Gasteiger partial charge in [-0.3, -0.25) is 0 Å². The minimum absolute atomic E-state index is 0.194. The lowest BCUT2D eigenvalue weighted by atomic mass is 10.2. The summed E-state index contributed by atoms with van der Waals surface area (Å²) in [4.78, 5) is 0. The second-order valence-corrected chi connectivity index (χ2v) is 5.77. The van der Waals surface area contributed by atoms with Gasteiger partial charge in [0.2, 0.25) is 0 Å². The van der Waals surface area contributed by atoms with E-state index in [0.717, 1.165) is 18.5 Å². The van der Waals surface area contributed by atoms with E-state index in [9.17, 15) is 0 Å². The lowest BCUT2D eigenvalue weighted by Crippen LogP contribution is -2.15. The van der Waals surface area contributed by atoms with E-state index < -0.39 is 0 Å². The van der Waals surface area contributed by atoms with Crippen molar-refractivity contribution in [2.75, 3.05) is 33.5 Å². The molecular weight excluding hydrogens is 342 g/mol. The lowest BCUT2D eigenvalue weighted by Gasteiger charge is -2.13. The highest BCUT2D eigenvalue weighted by molar-refractivity contribution is 6.32. The molecule has 0 aromatic heterocycles. The highest BCUT2D eigenvalue weighted by Crippen LogP contribution is 2.28. The first kappa shape index (κ1) is 19.4. The third kappa shape index (κ3) is 6.46. The molecule has 2 rings (SSSR count). The van der Waals surface area contributed by atoms with Gasteiger partial charge in [-0.1, -0.05) is 29.8 Å². The van der Waals surface area contributed by atoms with Gasteiger partial charge in [-0.15, -0.1) is 0 Å². The number of nitrogens with one attached hydrogen (secondary N) is 1. The molecule has 136 valence electrons. The maximum absolute atomic E-state index is 8.78. The molecule has 0 aliphatic carbocycles. The van der Waals surface area contributed by atoms with Gasteiger partial charge in [-0.05, 0) is 42.8 Å². The summed E-state index contributed by atoms with van der Waals surface area (Å²) >= 11 is 6.04. The molecule has 0 fully saturated rings. The van der Waals surface area contributed by atoms with Gasteiger partial charge in [-0.25, -0.2) is 0 Å². The number of methoxy groups -OCH3 is 1. The van der Waals surface area contributed by atoms with Gasteiger partial charge in [-0.2, -0.15) is 0 Å². The zero-order valence-corrected chi connectivity index (χ0v) is 15.1. The third-order valence-electron chi connectivity index (χ3n) is 3.50. The van der Waals surface area contributed by atoms with Crippen molar-refractivity contribution in [3.05, 3.63) is 53.1 Å². The summed E-state index contributed by atoms with van der Waals surface area (Å²) in [6.45, 7) is 2.45. The molecule has 2 N–H and O–H groups in total. The highest BCUT2D eigenvalue weighted by atomic mass is 35.5. The van der Waals surface area contributed by atoms with Crippen LogP contribution in [0.3, 0.4) is 0 Å². The molecule has 0 bridgehead atoms. The summed E-state index contributed by atoms with van der Waals surface area (Å²) in [5.74, 6) is 1.99. The Kier molecular flexibility index (Phi) is 8.39. The molecule has 5 nitrogen and oxygen atoms in total. The van der Waals surface area contributed by atoms with Crippen molar-refractivity contribution in [1.29, 1.82) is 0 Å². The van der Waals surface area contributed by atoms with Crippen LogP contribution in [0.5, 0.6) is 17.2 Å². The van der Waals surface area contributed by atoms with Crippen LogP contribution >= 0.6 is 11.6 Å². The van der Waals surface area contributed by atoms with E-state index >= 15 is 0 Å². The maximum atomic E-state index is 8.78. The van der Waals surface area contributed by atoms with E-state index in [1.54, 1.807) is 13.2 Å². The first-order valence-corrected chi connectivity index (χ1v) is 8.61. The molecule has 0 spiro atoms. The van der Waals surface area contributed by atoms with Crippen LogP contribution in [0.4, 0.5) is 0 Å². The van der Waals surface area contributed by atoms with E-state index in [4.69, 9.17) is 30.9 Å². The van der Waals surface area contributed by atoms with Crippen LogP contribution in [0, 0.1) is 0 Å². The van der Waals surface area contributed by atoms with Gasteiger partial charge < -0.3 is 24.6 Å². The number of benzene rings is 2. The quantitative estimate of drug-likeness (QED) is 0.598. The molecule has 25 heavy (non-hydrogen) atoms. The number of ether oxygens (including phenoxy) is 3. The molecule has 2 aromatic rings. The Bertz CT molecular complexity index is 651. The second kappa shape index (κ2) is 10.8. The van der Waals surface area contributed by atoms with Crippen molar-refractivity contribution in [1.82, 2.24) is 5.32 Å². The van der Waals surface area contributed by atoms with Crippen LogP contribution in [0.2, 0.25) is 5.02 Å². The molecule has 2 aromatic carbocycles. The zero-order valence-electron chi connectivity index (χ0n) is 14.3. The molecule has 0 atom stereocenters. The summed E-state index contributed by atoms with van der Waals surface area (Å²) in [7, 11) is 1.62. The number of aliphatic hydroxyl groups is 1. The van der Waals surface area contributed by atoms with Gasteiger partial charge >= 0.3 is 0 Å². The molecule has 0 unspecified atom stereocenters. The fourth-order valence-electron chi connectivity index (χ4n) is 2.24. The van der Waals surface area contributed by atoms with Gasteiger partial charge in [0.15, 0.2) is 11.5 Å². The number of para-hydroxylation sites is 1. The molecule has 0 heterocycles. The largest absolute Gasteiger partial charge is 0.493 e. The van der Waals surface area contributed by atoms with Crippen LogP contribution in [-0.2, 0) is 6.54 Å². The predicted octanol–water partition coefficient (Wildman–Crippen LogP) is 3.28. The van der Waals surface area contributed by atoms with Crippen molar-refractivity contribution in [3.8, 4) is 17.2 Å². The normalized spacial score (nSPS) is 10.5. The lowest BCUT2D eigenvalue weighted by molar-refractivity contribution is 0.211. The molecule has 0 radical (unpaired) electrons. The van der Waals surface area contributed by atoms with Crippen molar-refractivity contribution < 1.29 is 19.3 Å². The van der Waals surface area contributed by atoms with Crippen LogP contribution in [0.1, 0.15) is 12.0 Å². The number of hydrogen-bond donors (Lipinski definition) is 2. The second-order valence-electron chi connectivity index (χ2n) is 5.37. The van der Waals surface area contributed by atoms with Gasteiger partial charge in [0, 0.05) is 13.2 Å². The molecule has 0 saturated heterocycles. The fraction of sp³-hybridized carbons (Fsp3) is 0.368. The molecule has 0 aliphatic rings. The third-order valence-corrected chi connectivity index (χ3v) is 3.82. The van der Waals surface area contributed by atoms with E-state index in [1.807, 2.05) is 36.4 Å². The van der Waals surface area contributed by atoms with Crippen LogP contribution in [0.15, 0.2) is 42.5 Å². The fourth-order valence-corrected chi connectivity index (χ4v) is 2.43. The molecule has 0 saturated carbocycles. The zero-order chi connectivity index (χ0) is 17.9. The van der Waals surface area contributed by atoms with Crippen molar-refractivity contribution in [3.63, 3.8) is 0 Å². The highest BCUT2D eigenvalue weighted by Gasteiger charge is 2.06. The standard InChI is InChI=1S/C19H24ClNO4/c1-23-19-13-15(14-21-9-4-10-22)7-8-18(19)25-12-11-24-17-6-3-2-5-16(17)20/h2-3,5-8,13,21-22H,4,9-12,14H2,1H3. The molecular formula is C19H24ClNO4. The average Bonchev–Trinajstić information content (AvgIpc) is 2.64. The summed E-state index contributed by atoms with van der Waals surface area (Å²) in [6, 6.07) is 13.1. The Morgan fingerprint density at radius 2 is 1.76 bits per heavy atom. The number of aliphatic hydroxyl groups excluding tert-OH is 1. The van der Waals surface area contributed by atoms with Crippen molar-refractivity contribution in [2.45, 2.75) is 13.0 Å². The summed E-state index contributed by atoms with van der Waals surface area (Å²) in [5.41, 5.74) is 1.09. The topological polar surface area (TPSA) is 60.0 Å². The first-order chi connectivity index (χ1) is 12.2. The molecule has 6 heteroatoms.